The van der Waals surface area contributed by atoms with E-state index in [0.29, 0.717) is 70.0 Å². The monoisotopic (exact) mass is 833 g/mol. The maximum absolute atomic E-state index is 13.7. The molecule has 11 N–H and O–H groups in total. The number of benzene rings is 4. The van der Waals surface area contributed by atoms with Crippen LogP contribution in [-0.4, -0.2) is 70.7 Å². The largest absolute Gasteiger partial charge is 0.507 e. The van der Waals surface area contributed by atoms with Gasteiger partial charge in [-0.15, -0.1) is 0 Å². The molecule has 0 aliphatic carbocycles. The van der Waals surface area contributed by atoms with Crippen molar-refractivity contribution in [1.82, 2.24) is 15.6 Å². The van der Waals surface area contributed by atoms with Crippen molar-refractivity contribution < 1.29 is 28.7 Å². The predicted octanol–water partition coefficient (Wildman–Crippen LogP) is 4.67. The molecule has 5 rings (SSSR count). The first-order chi connectivity index (χ1) is 29.4. The van der Waals surface area contributed by atoms with Crippen molar-refractivity contribution in [3.8, 4) is 5.75 Å². The van der Waals surface area contributed by atoms with E-state index in [2.05, 4.69) is 15.6 Å². The SMILES string of the molecule is Cc1cc(F)cc(CC(=O)[C@@H](CCc2ccccc2)NC(=O)[C@@H](N)CCCN)c1O.NCCC[C@H](N)C(=O)N[C@H](CCc1ccccc1)C(=O)Cc1cnc2ccccc2c1. The number of hydrogen-bond donors (Lipinski definition) is 7. The van der Waals surface area contributed by atoms with Gasteiger partial charge in [0.1, 0.15) is 11.6 Å². The van der Waals surface area contributed by atoms with Crippen molar-refractivity contribution in [2.45, 2.75) is 95.3 Å². The highest BCUT2D eigenvalue weighted by molar-refractivity contribution is 5.93. The minimum atomic E-state index is -0.801. The van der Waals surface area contributed by atoms with Gasteiger partial charge in [-0.05, 0) is 118 Å². The molecule has 4 atom stereocenters. The number of ketones is 2. The van der Waals surface area contributed by atoms with E-state index in [-0.39, 0.29) is 41.6 Å². The van der Waals surface area contributed by atoms with Crippen molar-refractivity contribution >= 4 is 34.3 Å². The van der Waals surface area contributed by atoms with Gasteiger partial charge in [0.05, 0.1) is 29.7 Å². The van der Waals surface area contributed by atoms with Crippen molar-refractivity contribution in [1.29, 1.82) is 0 Å². The maximum atomic E-state index is 13.7. The van der Waals surface area contributed by atoms with Crippen LogP contribution in [0.15, 0.2) is 109 Å². The number of carbonyl (C=O) groups excluding carboxylic acids is 4. The number of para-hydroxylation sites is 1. The predicted molar refractivity (Wildman–Crippen MR) is 238 cm³/mol. The Labute approximate surface area is 357 Å². The number of aryl methyl sites for hydroxylation is 3. The number of phenolic OH excluding ortho intramolecular Hbond substituents is 1. The molecule has 1 heterocycles. The fourth-order valence-corrected chi connectivity index (χ4v) is 6.82. The van der Waals surface area contributed by atoms with Crippen LogP contribution < -0.4 is 33.6 Å². The second-order valence-corrected chi connectivity index (χ2v) is 15.3. The molecule has 1 aromatic heterocycles. The van der Waals surface area contributed by atoms with Crippen LogP contribution in [0.4, 0.5) is 4.39 Å². The Bertz CT molecular complexity index is 2170. The van der Waals surface area contributed by atoms with Crippen molar-refractivity contribution in [2.24, 2.45) is 22.9 Å². The molecule has 61 heavy (non-hydrogen) atoms. The van der Waals surface area contributed by atoms with Crippen LogP contribution in [-0.2, 0) is 44.9 Å². The standard InChI is InChI=1S/C25H30N4O2.C23H30FN3O3/c26-14-6-10-21(27)25(31)29-23(13-12-18-7-2-1-3-8-18)24(30)16-19-15-20-9-4-5-11-22(20)28-17-19;1-15-12-18(24)13-17(22(15)29)14-21(28)20(10-9-16-6-3-2-4-7-16)27-23(30)19(26)8-5-11-25/h1-5,7-9,11,15,17,21,23H,6,10,12-14,16,26-27H2,(H,29,31);2-4,6-7,12-13,19-20,29H,5,8-11,14,25-26H2,1H3,(H,27,30)/t21-,23+;19-,20+/m00/s1. The van der Waals surface area contributed by atoms with Crippen LogP contribution in [0.25, 0.3) is 10.9 Å². The fraction of sp³-hybridized carbons (Fsp3) is 0.354. The number of carbonyl (C=O) groups is 4. The summed E-state index contributed by atoms with van der Waals surface area (Å²) in [6.45, 7) is 2.47. The van der Waals surface area contributed by atoms with E-state index in [1.165, 1.54) is 6.07 Å². The molecule has 13 heteroatoms. The quantitative estimate of drug-likeness (QED) is 0.0510. The van der Waals surface area contributed by atoms with Crippen LogP contribution in [0, 0.1) is 12.7 Å². The summed E-state index contributed by atoms with van der Waals surface area (Å²) in [7, 11) is 0. The number of phenols is 1. The number of Topliss-reactive ketones (excluding diaryl/α,β-unsaturated/α-hetero) is 2. The zero-order valence-electron chi connectivity index (χ0n) is 34.9. The van der Waals surface area contributed by atoms with Gasteiger partial charge in [0.2, 0.25) is 11.8 Å². The average molecular weight is 834 g/mol. The molecule has 4 aromatic carbocycles. The van der Waals surface area contributed by atoms with Crippen molar-refractivity contribution in [2.75, 3.05) is 13.1 Å². The molecule has 324 valence electrons. The average Bonchev–Trinajstić information content (AvgIpc) is 3.27. The smallest absolute Gasteiger partial charge is 0.237 e. The molecule has 0 saturated heterocycles. The van der Waals surface area contributed by atoms with E-state index in [1.807, 2.05) is 91.0 Å². The molecule has 0 saturated carbocycles. The summed E-state index contributed by atoms with van der Waals surface area (Å²) in [6, 6.07) is 28.8. The number of nitrogens with two attached hydrogens (primary N) is 4. The third-order valence-corrected chi connectivity index (χ3v) is 10.4. The number of aromatic hydroxyl groups is 1. The number of pyridine rings is 1. The highest BCUT2D eigenvalue weighted by Crippen LogP contribution is 2.25. The van der Waals surface area contributed by atoms with Crippen LogP contribution >= 0.6 is 0 Å². The molecular formula is C48H60FN7O5. The first-order valence-electron chi connectivity index (χ1n) is 20.8. The molecule has 0 aliphatic heterocycles. The highest BCUT2D eigenvalue weighted by Gasteiger charge is 2.26. The molecular weight excluding hydrogens is 774 g/mol. The highest BCUT2D eigenvalue weighted by atomic mass is 19.1. The van der Waals surface area contributed by atoms with Gasteiger partial charge in [0.25, 0.3) is 0 Å². The summed E-state index contributed by atoms with van der Waals surface area (Å²) in [4.78, 5) is 55.6. The van der Waals surface area contributed by atoms with Crippen LogP contribution in [0.5, 0.6) is 5.75 Å². The second-order valence-electron chi connectivity index (χ2n) is 15.3. The van der Waals surface area contributed by atoms with E-state index in [1.54, 1.807) is 13.1 Å². The zero-order chi connectivity index (χ0) is 44.1. The third-order valence-electron chi connectivity index (χ3n) is 10.4. The summed E-state index contributed by atoms with van der Waals surface area (Å²) in [5, 5.41) is 16.8. The summed E-state index contributed by atoms with van der Waals surface area (Å²) in [6.07, 6.45) is 6.07. The van der Waals surface area contributed by atoms with Gasteiger partial charge in [-0.3, -0.25) is 24.2 Å². The van der Waals surface area contributed by atoms with E-state index >= 15 is 0 Å². The van der Waals surface area contributed by atoms with Gasteiger partial charge in [0, 0.05) is 30.0 Å². The van der Waals surface area contributed by atoms with Crippen molar-refractivity contribution in [3.05, 3.63) is 143 Å². The van der Waals surface area contributed by atoms with Gasteiger partial charge in [-0.1, -0.05) is 78.9 Å². The molecule has 0 unspecified atom stereocenters. The van der Waals surface area contributed by atoms with Crippen LogP contribution in [0.1, 0.15) is 66.3 Å². The minimum absolute atomic E-state index is 0.0487. The minimum Gasteiger partial charge on any atom is -0.507 e. The molecule has 2 amide bonds. The molecule has 0 bridgehead atoms. The normalized spacial score (nSPS) is 13.0. The van der Waals surface area contributed by atoms with Crippen LogP contribution in [0.2, 0.25) is 0 Å². The van der Waals surface area contributed by atoms with E-state index in [4.69, 9.17) is 22.9 Å². The first-order valence-corrected chi connectivity index (χ1v) is 20.8. The molecule has 12 nitrogen and oxygen atoms in total. The number of nitrogens with one attached hydrogen (secondary N) is 2. The van der Waals surface area contributed by atoms with Crippen LogP contribution in [0.3, 0.4) is 0 Å². The Morgan fingerprint density at radius 1 is 0.656 bits per heavy atom. The van der Waals surface area contributed by atoms with Gasteiger partial charge < -0.3 is 38.7 Å². The lowest BCUT2D eigenvalue weighted by molar-refractivity contribution is -0.128. The second kappa shape index (κ2) is 25.0. The molecule has 0 spiro atoms. The Morgan fingerprint density at radius 2 is 1.15 bits per heavy atom. The van der Waals surface area contributed by atoms with Gasteiger partial charge >= 0.3 is 0 Å². The lowest BCUT2D eigenvalue weighted by Crippen LogP contribution is -2.49. The van der Waals surface area contributed by atoms with Gasteiger partial charge in [-0.25, -0.2) is 4.39 Å². The van der Waals surface area contributed by atoms with Gasteiger partial charge in [-0.2, -0.15) is 0 Å². The number of rotatable bonds is 22. The summed E-state index contributed by atoms with van der Waals surface area (Å²) in [5.74, 6) is -1.73. The van der Waals surface area contributed by atoms with E-state index < -0.39 is 35.9 Å². The lowest BCUT2D eigenvalue weighted by atomic mass is 9.96. The van der Waals surface area contributed by atoms with Gasteiger partial charge in [0.15, 0.2) is 11.6 Å². The third kappa shape index (κ3) is 15.9. The molecule has 0 aliphatic rings. The number of amides is 2. The summed E-state index contributed by atoms with van der Waals surface area (Å²) >= 11 is 0. The fourth-order valence-electron chi connectivity index (χ4n) is 6.82. The molecule has 0 fully saturated rings. The number of halogens is 1. The Hall–Kier alpha value is -5.86. The van der Waals surface area contributed by atoms with E-state index in [0.717, 1.165) is 33.7 Å². The molecule has 0 radical (unpaired) electrons. The number of nitrogens with zero attached hydrogens (tertiary/aromatic N) is 1. The zero-order valence-corrected chi connectivity index (χ0v) is 34.9. The molecule has 5 aromatic rings. The maximum Gasteiger partial charge on any atom is 0.237 e. The summed E-state index contributed by atoms with van der Waals surface area (Å²) in [5.41, 5.74) is 27.3. The Balaban J connectivity index is 0.000000269. The lowest BCUT2D eigenvalue weighted by Gasteiger charge is -2.21. The Morgan fingerprint density at radius 3 is 1.67 bits per heavy atom. The van der Waals surface area contributed by atoms with E-state index in [9.17, 15) is 28.7 Å². The Kier molecular flexibility index (Phi) is 19.6. The number of hydrogen-bond acceptors (Lipinski definition) is 10. The topological polar surface area (TPSA) is 230 Å². The number of aromatic nitrogens is 1. The van der Waals surface area contributed by atoms with Crippen molar-refractivity contribution in [3.63, 3.8) is 0 Å². The first kappa shape index (κ1) is 47.8. The number of fused-ring (bicyclic) bond motifs is 1. The summed E-state index contributed by atoms with van der Waals surface area (Å²) < 4.78 is 13.7.